The molecule has 2 rings (SSSR count). The molecule has 0 bridgehead atoms. The SMILES string of the molecule is COc1ccc(-c2nnc(C(=O)C(C)C)o2)cc1. The van der Waals surface area contributed by atoms with Crippen LogP contribution in [0.1, 0.15) is 24.5 Å². The highest BCUT2D eigenvalue weighted by Crippen LogP contribution is 2.21. The van der Waals surface area contributed by atoms with Gasteiger partial charge < -0.3 is 9.15 Å². The molecule has 0 aliphatic heterocycles. The number of nitrogens with zero attached hydrogens (tertiary/aromatic N) is 2. The topological polar surface area (TPSA) is 65.2 Å². The van der Waals surface area contributed by atoms with Gasteiger partial charge in [-0.05, 0) is 24.3 Å². The minimum Gasteiger partial charge on any atom is -0.497 e. The van der Waals surface area contributed by atoms with Crippen molar-refractivity contribution >= 4 is 5.78 Å². The Bertz CT molecular complexity index is 544. The van der Waals surface area contributed by atoms with Crippen molar-refractivity contribution in [2.24, 2.45) is 5.92 Å². The van der Waals surface area contributed by atoms with E-state index in [9.17, 15) is 4.79 Å². The predicted molar refractivity (Wildman–Crippen MR) is 65.5 cm³/mol. The number of Topliss-reactive ketones (excluding diaryl/α,β-unsaturated/α-hetero) is 1. The molecule has 18 heavy (non-hydrogen) atoms. The van der Waals surface area contributed by atoms with Crippen molar-refractivity contribution in [3.63, 3.8) is 0 Å². The molecule has 1 heterocycles. The quantitative estimate of drug-likeness (QED) is 0.776. The number of carbonyl (C=O) groups is 1. The van der Waals surface area contributed by atoms with E-state index in [0.717, 1.165) is 11.3 Å². The van der Waals surface area contributed by atoms with Gasteiger partial charge in [0.1, 0.15) is 5.75 Å². The van der Waals surface area contributed by atoms with E-state index in [1.807, 2.05) is 0 Å². The fourth-order valence-electron chi connectivity index (χ4n) is 1.42. The molecule has 5 nitrogen and oxygen atoms in total. The molecule has 0 aliphatic rings. The summed E-state index contributed by atoms with van der Waals surface area (Å²) in [6, 6.07) is 7.19. The van der Waals surface area contributed by atoms with Gasteiger partial charge in [0.05, 0.1) is 7.11 Å². The third-order valence-corrected chi connectivity index (χ3v) is 2.50. The summed E-state index contributed by atoms with van der Waals surface area (Å²) < 4.78 is 10.4. The molecule has 0 spiro atoms. The van der Waals surface area contributed by atoms with Gasteiger partial charge in [0, 0.05) is 11.5 Å². The van der Waals surface area contributed by atoms with E-state index in [4.69, 9.17) is 9.15 Å². The first-order chi connectivity index (χ1) is 8.61. The number of aromatic nitrogens is 2. The highest BCUT2D eigenvalue weighted by Gasteiger charge is 2.18. The molecule has 0 saturated heterocycles. The first-order valence-electron chi connectivity index (χ1n) is 5.64. The molecule has 0 fully saturated rings. The highest BCUT2D eigenvalue weighted by atomic mass is 16.5. The zero-order chi connectivity index (χ0) is 13.1. The molecule has 1 aromatic heterocycles. The van der Waals surface area contributed by atoms with E-state index in [2.05, 4.69) is 10.2 Å². The lowest BCUT2D eigenvalue weighted by molar-refractivity contribution is 0.0905. The number of carbonyl (C=O) groups excluding carboxylic acids is 1. The fourth-order valence-corrected chi connectivity index (χ4v) is 1.42. The number of ketones is 1. The van der Waals surface area contributed by atoms with Gasteiger partial charge >= 0.3 is 0 Å². The van der Waals surface area contributed by atoms with E-state index in [1.165, 1.54) is 0 Å². The molecular formula is C13H14N2O3. The van der Waals surface area contributed by atoms with Gasteiger partial charge in [-0.3, -0.25) is 4.79 Å². The van der Waals surface area contributed by atoms with E-state index in [0.29, 0.717) is 5.89 Å². The van der Waals surface area contributed by atoms with E-state index in [-0.39, 0.29) is 17.6 Å². The molecule has 0 aliphatic carbocycles. The van der Waals surface area contributed by atoms with Crippen LogP contribution in [0.25, 0.3) is 11.5 Å². The summed E-state index contributed by atoms with van der Waals surface area (Å²) in [7, 11) is 1.60. The average Bonchev–Trinajstić information content (AvgIpc) is 2.87. The maximum Gasteiger partial charge on any atom is 0.284 e. The maximum atomic E-state index is 11.7. The van der Waals surface area contributed by atoms with Crippen LogP contribution in [0.2, 0.25) is 0 Å². The summed E-state index contributed by atoms with van der Waals surface area (Å²) >= 11 is 0. The molecule has 1 aromatic carbocycles. The predicted octanol–water partition coefficient (Wildman–Crippen LogP) is 2.58. The van der Waals surface area contributed by atoms with Crippen molar-refractivity contribution in [1.82, 2.24) is 10.2 Å². The Hall–Kier alpha value is -2.17. The molecular weight excluding hydrogens is 232 g/mol. The molecule has 0 unspecified atom stereocenters. The van der Waals surface area contributed by atoms with Gasteiger partial charge in [0.2, 0.25) is 11.7 Å². The number of methoxy groups -OCH3 is 1. The smallest absolute Gasteiger partial charge is 0.284 e. The third-order valence-electron chi connectivity index (χ3n) is 2.50. The lowest BCUT2D eigenvalue weighted by atomic mass is 10.1. The Morgan fingerprint density at radius 3 is 2.44 bits per heavy atom. The molecule has 94 valence electrons. The Morgan fingerprint density at radius 1 is 1.22 bits per heavy atom. The van der Waals surface area contributed by atoms with Gasteiger partial charge in [0.15, 0.2) is 0 Å². The number of rotatable bonds is 4. The fraction of sp³-hybridized carbons (Fsp3) is 0.308. The Morgan fingerprint density at radius 2 is 1.89 bits per heavy atom. The van der Waals surface area contributed by atoms with Crippen LogP contribution in [-0.4, -0.2) is 23.1 Å². The second-order valence-electron chi connectivity index (χ2n) is 4.16. The second kappa shape index (κ2) is 5.00. The first kappa shape index (κ1) is 12.3. The van der Waals surface area contributed by atoms with Gasteiger partial charge in [-0.25, -0.2) is 0 Å². The molecule has 0 radical (unpaired) electrons. The number of benzene rings is 1. The van der Waals surface area contributed by atoms with E-state index >= 15 is 0 Å². The minimum absolute atomic E-state index is 0.0517. The summed E-state index contributed by atoms with van der Waals surface area (Å²) in [6.07, 6.45) is 0. The van der Waals surface area contributed by atoms with Gasteiger partial charge in [-0.1, -0.05) is 13.8 Å². The molecule has 0 N–H and O–H groups in total. The second-order valence-corrected chi connectivity index (χ2v) is 4.16. The van der Waals surface area contributed by atoms with Crippen molar-refractivity contribution in [3.8, 4) is 17.2 Å². The van der Waals surface area contributed by atoms with Crippen LogP contribution >= 0.6 is 0 Å². The van der Waals surface area contributed by atoms with Crippen LogP contribution in [0.4, 0.5) is 0 Å². The van der Waals surface area contributed by atoms with Crippen LogP contribution in [0.5, 0.6) is 5.75 Å². The zero-order valence-corrected chi connectivity index (χ0v) is 10.5. The molecule has 0 atom stereocenters. The Kier molecular flexibility index (Phi) is 3.41. The van der Waals surface area contributed by atoms with E-state index < -0.39 is 0 Å². The number of hydrogen-bond donors (Lipinski definition) is 0. The van der Waals surface area contributed by atoms with Crippen molar-refractivity contribution < 1.29 is 13.9 Å². The lowest BCUT2D eigenvalue weighted by Crippen LogP contribution is -2.07. The van der Waals surface area contributed by atoms with Crippen molar-refractivity contribution in [1.29, 1.82) is 0 Å². The Balaban J connectivity index is 2.26. The van der Waals surface area contributed by atoms with Gasteiger partial charge in [0.25, 0.3) is 5.89 Å². The normalized spacial score (nSPS) is 10.7. The summed E-state index contributed by atoms with van der Waals surface area (Å²) in [5.41, 5.74) is 0.756. The molecule has 5 heteroatoms. The summed E-state index contributed by atoms with van der Waals surface area (Å²) in [5, 5.41) is 7.63. The summed E-state index contributed by atoms with van der Waals surface area (Å²) in [6.45, 7) is 3.58. The van der Waals surface area contributed by atoms with Crippen LogP contribution in [0.3, 0.4) is 0 Å². The first-order valence-corrected chi connectivity index (χ1v) is 5.64. The lowest BCUT2D eigenvalue weighted by Gasteiger charge is -1.99. The van der Waals surface area contributed by atoms with Crippen molar-refractivity contribution in [2.45, 2.75) is 13.8 Å². The molecule has 0 amide bonds. The molecule has 2 aromatic rings. The monoisotopic (exact) mass is 246 g/mol. The molecule has 0 saturated carbocycles. The number of hydrogen-bond acceptors (Lipinski definition) is 5. The van der Waals surface area contributed by atoms with Crippen LogP contribution in [0, 0.1) is 5.92 Å². The minimum atomic E-state index is -0.158. The third kappa shape index (κ3) is 2.40. The van der Waals surface area contributed by atoms with Gasteiger partial charge in [-0.2, -0.15) is 0 Å². The largest absolute Gasteiger partial charge is 0.497 e. The zero-order valence-electron chi connectivity index (χ0n) is 10.5. The number of ether oxygens (including phenoxy) is 1. The standard InChI is InChI=1S/C13H14N2O3/c1-8(2)11(16)13-15-14-12(18-13)9-4-6-10(17-3)7-5-9/h4-8H,1-3H3. The van der Waals surface area contributed by atoms with Crippen molar-refractivity contribution in [2.75, 3.05) is 7.11 Å². The van der Waals surface area contributed by atoms with Gasteiger partial charge in [-0.15, -0.1) is 10.2 Å². The Labute approximate surface area is 105 Å². The van der Waals surface area contributed by atoms with Crippen LogP contribution in [0.15, 0.2) is 28.7 Å². The highest BCUT2D eigenvalue weighted by molar-refractivity contribution is 5.93. The average molecular weight is 246 g/mol. The summed E-state index contributed by atoms with van der Waals surface area (Å²) in [4.78, 5) is 11.7. The van der Waals surface area contributed by atoms with Crippen LogP contribution < -0.4 is 4.74 Å². The van der Waals surface area contributed by atoms with E-state index in [1.54, 1.807) is 45.2 Å². The maximum absolute atomic E-state index is 11.7. The van der Waals surface area contributed by atoms with Crippen LogP contribution in [-0.2, 0) is 0 Å². The summed E-state index contributed by atoms with van der Waals surface area (Å²) in [5.74, 6) is 0.825. The van der Waals surface area contributed by atoms with Crippen molar-refractivity contribution in [3.05, 3.63) is 30.2 Å².